The molecule has 0 fully saturated rings. The van der Waals surface area contributed by atoms with E-state index in [0.717, 1.165) is 6.20 Å². The molecule has 1 aliphatic rings. The molecule has 0 unspecified atom stereocenters. The van der Waals surface area contributed by atoms with E-state index < -0.39 is 39.9 Å². The minimum Gasteiger partial charge on any atom is -0.477 e. The van der Waals surface area contributed by atoms with Crippen molar-refractivity contribution in [2.75, 3.05) is 11.9 Å². The van der Waals surface area contributed by atoms with E-state index in [9.17, 15) is 27.9 Å². The van der Waals surface area contributed by atoms with E-state index in [1.807, 2.05) is 0 Å². The Labute approximate surface area is 247 Å². The average molecular weight is 614 g/mol. The van der Waals surface area contributed by atoms with Crippen LogP contribution in [-0.4, -0.2) is 63.3 Å². The quantitative estimate of drug-likeness (QED) is 0.340. The molecule has 2 N–H and O–H groups in total. The molecule has 2 aromatic carbocycles. The van der Waals surface area contributed by atoms with Crippen molar-refractivity contribution in [3.63, 3.8) is 0 Å². The normalized spacial score (nSPS) is 15.7. The first-order valence-electron chi connectivity index (χ1n) is 12.8. The van der Waals surface area contributed by atoms with Crippen LogP contribution in [0.5, 0.6) is 0 Å². The van der Waals surface area contributed by atoms with E-state index >= 15 is 0 Å². The number of halogens is 1. The van der Waals surface area contributed by atoms with Crippen molar-refractivity contribution in [1.29, 1.82) is 0 Å². The summed E-state index contributed by atoms with van der Waals surface area (Å²) in [6.07, 6.45) is 1.86. The minimum absolute atomic E-state index is 0.0521. The number of esters is 1. The van der Waals surface area contributed by atoms with Crippen molar-refractivity contribution in [3.05, 3.63) is 94.1 Å². The summed E-state index contributed by atoms with van der Waals surface area (Å²) in [5.74, 6) is -4.24. The van der Waals surface area contributed by atoms with Gasteiger partial charge in [0.05, 0.1) is 40.5 Å². The number of nitrogens with one attached hydrogen (secondary N) is 1. The monoisotopic (exact) mass is 613 g/mol. The fraction of sp³-hybridized carbons (Fsp3) is 0.250. The molecule has 3 aromatic rings. The standard InChI is InChI=1S/C28H28ClN5O7S/c1-5-33-17(4)22(28(38)41-16(2)3)23(20-11-6-7-12-21(20)29)24(25(33)27(36)37)26(35)31-18-9-8-10-19(15-18)42(39,40)34-14-13-30-32-34/h6-16,23H,5H2,1-4H3,(H,31,35)(H,36,37)/t23-/m1/s1. The zero-order valence-corrected chi connectivity index (χ0v) is 24.7. The third-order valence-corrected chi connectivity index (χ3v) is 8.36. The summed E-state index contributed by atoms with van der Waals surface area (Å²) in [7, 11) is -4.12. The van der Waals surface area contributed by atoms with Crippen molar-refractivity contribution in [2.24, 2.45) is 0 Å². The number of carbonyl (C=O) groups is 3. The van der Waals surface area contributed by atoms with Crippen LogP contribution in [0.25, 0.3) is 0 Å². The molecule has 12 nitrogen and oxygen atoms in total. The van der Waals surface area contributed by atoms with Gasteiger partial charge in [0, 0.05) is 23.0 Å². The van der Waals surface area contributed by atoms with E-state index in [0.29, 0.717) is 15.3 Å². The van der Waals surface area contributed by atoms with Gasteiger partial charge in [-0.05, 0) is 57.5 Å². The molecule has 1 amide bonds. The summed E-state index contributed by atoms with van der Waals surface area (Å²) in [6, 6.07) is 11.9. The molecule has 0 bridgehead atoms. The number of likely N-dealkylation sites (N-methyl/N-ethyl adjacent to an activating group) is 1. The molecule has 220 valence electrons. The minimum atomic E-state index is -4.12. The van der Waals surface area contributed by atoms with Gasteiger partial charge in [0.15, 0.2) is 0 Å². The Morgan fingerprint density at radius 3 is 2.43 bits per heavy atom. The number of ether oxygens (including phenoxy) is 1. The number of benzene rings is 2. The van der Waals surface area contributed by atoms with Gasteiger partial charge in [-0.1, -0.05) is 41.1 Å². The molecule has 2 heterocycles. The molecule has 14 heteroatoms. The highest BCUT2D eigenvalue weighted by Gasteiger charge is 2.44. The number of aliphatic carboxylic acids is 1. The van der Waals surface area contributed by atoms with Gasteiger partial charge in [0.2, 0.25) is 0 Å². The van der Waals surface area contributed by atoms with Crippen LogP contribution in [0, 0.1) is 0 Å². The van der Waals surface area contributed by atoms with Crippen molar-refractivity contribution in [1.82, 2.24) is 19.3 Å². The van der Waals surface area contributed by atoms with Crippen molar-refractivity contribution in [3.8, 4) is 0 Å². The first-order chi connectivity index (χ1) is 19.9. The molecule has 1 aromatic heterocycles. The van der Waals surface area contributed by atoms with Crippen LogP contribution < -0.4 is 5.32 Å². The van der Waals surface area contributed by atoms with E-state index in [-0.39, 0.29) is 39.0 Å². The van der Waals surface area contributed by atoms with Gasteiger partial charge in [0.25, 0.3) is 15.9 Å². The lowest BCUT2D eigenvalue weighted by Gasteiger charge is -2.37. The summed E-state index contributed by atoms with van der Waals surface area (Å²) in [5, 5.41) is 20.2. The molecular formula is C28H28ClN5O7S. The average Bonchev–Trinajstić information content (AvgIpc) is 3.48. The largest absolute Gasteiger partial charge is 0.477 e. The number of hydrogen-bond acceptors (Lipinski definition) is 9. The van der Waals surface area contributed by atoms with Gasteiger partial charge in [0.1, 0.15) is 5.70 Å². The van der Waals surface area contributed by atoms with E-state index in [2.05, 4.69) is 15.6 Å². The Bertz CT molecular complexity index is 1720. The van der Waals surface area contributed by atoms with Crippen LogP contribution in [0.15, 0.2) is 88.4 Å². The fourth-order valence-electron chi connectivity index (χ4n) is 4.74. The second kappa shape index (κ2) is 12.2. The summed E-state index contributed by atoms with van der Waals surface area (Å²) in [5.41, 5.74) is 0.0841. The molecule has 0 saturated carbocycles. The van der Waals surface area contributed by atoms with Crippen LogP contribution in [-0.2, 0) is 29.1 Å². The SMILES string of the molecule is CCN1C(C)=C(C(=O)OC(C)C)[C@@H](c2ccccc2Cl)C(C(=O)Nc2cccc(S(=O)(=O)n3ccnn3)c2)=C1C(=O)O. The smallest absolute Gasteiger partial charge is 0.353 e. The molecule has 0 aliphatic carbocycles. The zero-order valence-electron chi connectivity index (χ0n) is 23.1. The van der Waals surface area contributed by atoms with E-state index in [1.165, 1.54) is 35.4 Å². The Balaban J connectivity index is 1.89. The molecule has 1 aliphatic heterocycles. The fourth-order valence-corrected chi connectivity index (χ4v) is 6.08. The zero-order chi connectivity index (χ0) is 30.8. The predicted molar refractivity (Wildman–Crippen MR) is 153 cm³/mol. The van der Waals surface area contributed by atoms with Crippen LogP contribution in [0.1, 0.15) is 39.2 Å². The molecule has 1 atom stereocenters. The molecule has 42 heavy (non-hydrogen) atoms. The molecule has 0 radical (unpaired) electrons. The summed E-state index contributed by atoms with van der Waals surface area (Å²) in [4.78, 5) is 41.5. The number of aromatic nitrogens is 3. The highest BCUT2D eigenvalue weighted by Crippen LogP contribution is 2.45. The number of hydrogen-bond donors (Lipinski definition) is 2. The van der Waals surface area contributed by atoms with Crippen molar-refractivity contribution in [2.45, 2.75) is 44.6 Å². The van der Waals surface area contributed by atoms with E-state index in [1.54, 1.807) is 52.0 Å². The van der Waals surface area contributed by atoms with Gasteiger partial charge in [-0.3, -0.25) is 4.79 Å². The second-order valence-corrected chi connectivity index (χ2v) is 11.7. The first kappa shape index (κ1) is 30.5. The second-order valence-electron chi connectivity index (χ2n) is 9.48. The Morgan fingerprint density at radius 2 is 1.83 bits per heavy atom. The molecular weight excluding hydrogens is 586 g/mol. The van der Waals surface area contributed by atoms with E-state index in [4.69, 9.17) is 16.3 Å². The Kier molecular flexibility index (Phi) is 8.83. The lowest BCUT2D eigenvalue weighted by Crippen LogP contribution is -2.40. The van der Waals surface area contributed by atoms with Gasteiger partial charge < -0.3 is 20.1 Å². The van der Waals surface area contributed by atoms with Crippen molar-refractivity contribution < 1.29 is 32.6 Å². The van der Waals surface area contributed by atoms with Gasteiger partial charge in [-0.25, -0.2) is 9.59 Å². The highest BCUT2D eigenvalue weighted by molar-refractivity contribution is 7.89. The number of carboxylic acids is 1. The number of carbonyl (C=O) groups excluding carboxylic acids is 2. The third-order valence-electron chi connectivity index (χ3n) is 6.48. The molecule has 4 rings (SSSR count). The van der Waals surface area contributed by atoms with Crippen LogP contribution >= 0.6 is 11.6 Å². The topological polar surface area (TPSA) is 161 Å². The maximum Gasteiger partial charge on any atom is 0.353 e. The Hall–Kier alpha value is -4.49. The number of nitrogens with zero attached hydrogens (tertiary/aromatic N) is 4. The summed E-state index contributed by atoms with van der Waals surface area (Å²) in [6.45, 7) is 6.72. The van der Waals surface area contributed by atoms with Crippen LogP contribution in [0.4, 0.5) is 5.69 Å². The van der Waals surface area contributed by atoms with Crippen LogP contribution in [0.3, 0.4) is 0 Å². The van der Waals surface area contributed by atoms with Gasteiger partial charge in [-0.2, -0.15) is 8.42 Å². The van der Waals surface area contributed by atoms with Gasteiger partial charge >= 0.3 is 11.9 Å². The number of rotatable bonds is 9. The molecule has 0 spiro atoms. The number of amides is 1. The lowest BCUT2D eigenvalue weighted by molar-refractivity contribution is -0.143. The lowest BCUT2D eigenvalue weighted by atomic mass is 9.79. The van der Waals surface area contributed by atoms with Gasteiger partial charge in [-0.15, -0.1) is 9.19 Å². The summed E-state index contributed by atoms with van der Waals surface area (Å²) >= 11 is 6.56. The van der Waals surface area contributed by atoms with Crippen molar-refractivity contribution >= 4 is 45.2 Å². The number of anilines is 1. The maximum absolute atomic E-state index is 14.1. The third kappa shape index (κ3) is 5.78. The summed E-state index contributed by atoms with van der Waals surface area (Å²) < 4.78 is 32.1. The molecule has 0 saturated heterocycles. The van der Waals surface area contributed by atoms with Crippen LogP contribution in [0.2, 0.25) is 5.02 Å². The Morgan fingerprint density at radius 1 is 1.12 bits per heavy atom. The maximum atomic E-state index is 14.1. The predicted octanol–water partition coefficient (Wildman–Crippen LogP) is 3.79. The highest BCUT2D eigenvalue weighted by atomic mass is 35.5. The number of carboxylic acid groups (broad SMARTS) is 1. The number of allylic oxidation sites excluding steroid dienone is 1. The first-order valence-corrected chi connectivity index (χ1v) is 14.6.